The second kappa shape index (κ2) is 5.69. The van der Waals surface area contributed by atoms with Crippen LogP contribution in [0.5, 0.6) is 0 Å². The fraction of sp³-hybridized carbons (Fsp3) is 0.368. The number of anilines is 1. The van der Waals surface area contributed by atoms with Gasteiger partial charge in [0.05, 0.1) is 5.56 Å². The molecule has 0 radical (unpaired) electrons. The number of primary amides is 1. The van der Waals surface area contributed by atoms with Crippen molar-refractivity contribution in [1.29, 1.82) is 0 Å². The number of aromatic nitrogens is 1. The van der Waals surface area contributed by atoms with Crippen molar-refractivity contribution >= 4 is 11.7 Å². The number of pyridine rings is 1. The Kier molecular flexibility index (Phi) is 3.84. The second-order valence-electron chi connectivity index (χ2n) is 7.02. The molecule has 4 nitrogen and oxygen atoms in total. The number of carbonyl (C=O) groups excluding carboxylic acids is 1. The zero-order chi connectivity index (χ0) is 16.6. The van der Waals surface area contributed by atoms with Gasteiger partial charge in [-0.25, -0.2) is 4.98 Å². The van der Waals surface area contributed by atoms with E-state index in [0.717, 1.165) is 24.1 Å². The van der Waals surface area contributed by atoms with E-state index in [1.807, 2.05) is 36.4 Å². The van der Waals surface area contributed by atoms with Gasteiger partial charge in [0.2, 0.25) is 0 Å². The number of nitrogens with two attached hydrogens (primary N) is 1. The van der Waals surface area contributed by atoms with E-state index in [1.165, 1.54) is 0 Å². The molecule has 1 amide bonds. The van der Waals surface area contributed by atoms with Crippen LogP contribution in [-0.4, -0.2) is 23.0 Å². The van der Waals surface area contributed by atoms with E-state index < -0.39 is 5.91 Å². The predicted molar refractivity (Wildman–Crippen MR) is 93.4 cm³/mol. The van der Waals surface area contributed by atoms with Crippen LogP contribution in [-0.2, 0) is 0 Å². The lowest BCUT2D eigenvalue weighted by molar-refractivity contribution is 0.100. The Morgan fingerprint density at radius 3 is 2.52 bits per heavy atom. The molecule has 1 aromatic heterocycles. The molecule has 2 aromatic rings. The molecule has 0 bridgehead atoms. The molecule has 1 aromatic carbocycles. The van der Waals surface area contributed by atoms with Gasteiger partial charge < -0.3 is 10.6 Å². The summed E-state index contributed by atoms with van der Waals surface area (Å²) >= 11 is 0. The maximum Gasteiger partial charge on any atom is 0.253 e. The third-order valence-corrected chi connectivity index (χ3v) is 4.59. The maximum atomic E-state index is 12.2. The van der Waals surface area contributed by atoms with Gasteiger partial charge in [0.1, 0.15) is 5.82 Å². The fourth-order valence-electron chi connectivity index (χ4n) is 3.72. The van der Waals surface area contributed by atoms with Crippen molar-refractivity contribution in [2.45, 2.75) is 32.7 Å². The van der Waals surface area contributed by atoms with E-state index in [2.05, 4.69) is 30.7 Å². The van der Waals surface area contributed by atoms with Crippen molar-refractivity contribution in [3.8, 4) is 11.1 Å². The van der Waals surface area contributed by atoms with Crippen LogP contribution in [0.3, 0.4) is 0 Å². The van der Waals surface area contributed by atoms with Gasteiger partial charge in [0, 0.05) is 18.3 Å². The van der Waals surface area contributed by atoms with Gasteiger partial charge in [0.25, 0.3) is 5.91 Å². The molecule has 1 aliphatic heterocycles. The first-order valence-corrected chi connectivity index (χ1v) is 8.02. The Bertz CT molecular complexity index is 725. The Balaban J connectivity index is 2.17. The summed E-state index contributed by atoms with van der Waals surface area (Å²) in [4.78, 5) is 19.0. The average Bonchev–Trinajstić information content (AvgIpc) is 2.79. The number of carbonyl (C=O) groups is 1. The van der Waals surface area contributed by atoms with E-state index in [-0.39, 0.29) is 5.54 Å². The summed E-state index contributed by atoms with van der Waals surface area (Å²) in [7, 11) is 0. The third kappa shape index (κ3) is 2.81. The molecule has 2 N–H and O–H groups in total. The lowest BCUT2D eigenvalue weighted by Crippen LogP contribution is -2.40. The molecule has 0 unspecified atom stereocenters. The highest BCUT2D eigenvalue weighted by atomic mass is 16.1. The van der Waals surface area contributed by atoms with Gasteiger partial charge >= 0.3 is 0 Å². The molecule has 23 heavy (non-hydrogen) atoms. The Hall–Kier alpha value is -2.36. The zero-order valence-electron chi connectivity index (χ0n) is 13.9. The number of hydrogen-bond acceptors (Lipinski definition) is 3. The highest BCUT2D eigenvalue weighted by Crippen LogP contribution is 2.39. The molecular weight excluding hydrogens is 286 g/mol. The van der Waals surface area contributed by atoms with Gasteiger partial charge in [-0.1, -0.05) is 37.3 Å². The Morgan fingerprint density at radius 1 is 1.26 bits per heavy atom. The fourth-order valence-corrected chi connectivity index (χ4v) is 3.72. The van der Waals surface area contributed by atoms with Crippen molar-refractivity contribution < 1.29 is 4.79 Å². The zero-order valence-corrected chi connectivity index (χ0v) is 13.9. The van der Waals surface area contributed by atoms with Gasteiger partial charge in [-0.05, 0) is 43.4 Å². The quantitative estimate of drug-likeness (QED) is 0.944. The molecular formula is C19H23N3O. The third-order valence-electron chi connectivity index (χ3n) is 4.59. The first-order chi connectivity index (χ1) is 10.9. The van der Waals surface area contributed by atoms with Gasteiger partial charge in [0.15, 0.2) is 0 Å². The molecule has 0 spiro atoms. The maximum absolute atomic E-state index is 12.2. The standard InChI is InChI=1S/C19H23N3O/c1-13-11-19(2,3)22(12-13)18-16(17(20)23)15(9-10-21-18)14-7-5-4-6-8-14/h4-10,13H,11-12H2,1-3H3,(H2,20,23)/t13-/m0/s1. The van der Waals surface area contributed by atoms with Crippen LogP contribution in [0.4, 0.5) is 5.82 Å². The molecule has 1 saturated heterocycles. The first-order valence-electron chi connectivity index (χ1n) is 8.02. The Morgan fingerprint density at radius 2 is 1.96 bits per heavy atom. The minimum Gasteiger partial charge on any atom is -0.365 e. The summed E-state index contributed by atoms with van der Waals surface area (Å²) in [6, 6.07) is 11.7. The Labute approximate surface area is 137 Å². The minimum absolute atomic E-state index is 0.0358. The van der Waals surface area contributed by atoms with E-state index in [1.54, 1.807) is 6.20 Å². The minimum atomic E-state index is -0.428. The van der Waals surface area contributed by atoms with Crippen molar-refractivity contribution in [2.24, 2.45) is 11.7 Å². The lowest BCUT2D eigenvalue weighted by Gasteiger charge is -2.34. The topological polar surface area (TPSA) is 59.2 Å². The molecule has 1 atom stereocenters. The largest absolute Gasteiger partial charge is 0.365 e. The van der Waals surface area contributed by atoms with Gasteiger partial charge in [-0.2, -0.15) is 0 Å². The molecule has 2 heterocycles. The number of amides is 1. The van der Waals surface area contributed by atoms with Crippen LogP contribution in [0.15, 0.2) is 42.6 Å². The van der Waals surface area contributed by atoms with Crippen LogP contribution in [0.25, 0.3) is 11.1 Å². The van der Waals surface area contributed by atoms with E-state index >= 15 is 0 Å². The molecule has 4 heteroatoms. The number of rotatable bonds is 3. The van der Waals surface area contributed by atoms with Crippen molar-refractivity contribution in [3.05, 3.63) is 48.2 Å². The molecule has 1 aliphatic rings. The molecule has 0 saturated carbocycles. The summed E-state index contributed by atoms with van der Waals surface area (Å²) in [6.45, 7) is 7.50. The van der Waals surface area contributed by atoms with Gasteiger partial charge in [-0.3, -0.25) is 4.79 Å². The van der Waals surface area contributed by atoms with Crippen LogP contribution in [0, 0.1) is 5.92 Å². The summed E-state index contributed by atoms with van der Waals surface area (Å²) in [5.74, 6) is 0.836. The van der Waals surface area contributed by atoms with Crippen LogP contribution < -0.4 is 10.6 Å². The average molecular weight is 309 g/mol. The van der Waals surface area contributed by atoms with Crippen molar-refractivity contribution in [1.82, 2.24) is 4.98 Å². The number of hydrogen-bond donors (Lipinski definition) is 1. The van der Waals surface area contributed by atoms with E-state index in [0.29, 0.717) is 17.3 Å². The number of benzene rings is 1. The lowest BCUT2D eigenvalue weighted by atomic mass is 9.96. The summed E-state index contributed by atoms with van der Waals surface area (Å²) in [6.07, 6.45) is 2.84. The predicted octanol–water partition coefficient (Wildman–Crippen LogP) is 3.47. The normalized spacial score (nSPS) is 19.8. The van der Waals surface area contributed by atoms with Crippen molar-refractivity contribution in [3.63, 3.8) is 0 Å². The highest BCUT2D eigenvalue weighted by molar-refractivity contribution is 6.04. The van der Waals surface area contributed by atoms with Gasteiger partial charge in [-0.15, -0.1) is 0 Å². The summed E-state index contributed by atoms with van der Waals surface area (Å²) in [5, 5.41) is 0. The monoisotopic (exact) mass is 309 g/mol. The smallest absolute Gasteiger partial charge is 0.253 e. The molecule has 0 aliphatic carbocycles. The number of nitrogens with zero attached hydrogens (tertiary/aromatic N) is 2. The van der Waals surface area contributed by atoms with Crippen LogP contribution in [0.1, 0.15) is 37.6 Å². The van der Waals surface area contributed by atoms with Crippen molar-refractivity contribution in [2.75, 3.05) is 11.4 Å². The molecule has 1 fully saturated rings. The molecule has 3 rings (SSSR count). The summed E-state index contributed by atoms with van der Waals surface area (Å²) < 4.78 is 0. The molecule has 120 valence electrons. The SMILES string of the molecule is C[C@@H]1CN(c2nccc(-c3ccccc3)c2C(N)=O)C(C)(C)C1. The first kappa shape index (κ1) is 15.5. The van der Waals surface area contributed by atoms with Crippen LogP contribution in [0.2, 0.25) is 0 Å². The van der Waals surface area contributed by atoms with Crippen LogP contribution >= 0.6 is 0 Å². The van der Waals surface area contributed by atoms with E-state index in [4.69, 9.17) is 5.73 Å². The highest BCUT2D eigenvalue weighted by Gasteiger charge is 2.39. The second-order valence-corrected chi connectivity index (χ2v) is 7.02. The van der Waals surface area contributed by atoms with E-state index in [9.17, 15) is 4.79 Å². The summed E-state index contributed by atoms with van der Waals surface area (Å²) in [5.41, 5.74) is 8.04.